The molecule has 0 N–H and O–H groups in total. The van der Waals surface area contributed by atoms with Gasteiger partial charge in [0.2, 0.25) is 5.95 Å². The summed E-state index contributed by atoms with van der Waals surface area (Å²) in [5, 5.41) is 0.719. The van der Waals surface area contributed by atoms with Gasteiger partial charge in [0.05, 0.1) is 3.57 Å². The standard InChI is InChI=1S/C6H4BrFIN/c7-2-4-1-5(9)6(8)10-3-4/h1,3H,2H2. The van der Waals surface area contributed by atoms with Gasteiger partial charge in [0.25, 0.3) is 0 Å². The molecule has 0 atom stereocenters. The highest BCUT2D eigenvalue weighted by atomic mass is 127. The molecule has 10 heavy (non-hydrogen) atoms. The van der Waals surface area contributed by atoms with Gasteiger partial charge < -0.3 is 0 Å². The Morgan fingerprint density at radius 2 is 2.40 bits per heavy atom. The van der Waals surface area contributed by atoms with Crippen molar-refractivity contribution in [2.24, 2.45) is 0 Å². The minimum absolute atomic E-state index is 0.398. The highest BCUT2D eigenvalue weighted by molar-refractivity contribution is 14.1. The molecule has 0 saturated carbocycles. The molecule has 0 aliphatic carbocycles. The summed E-state index contributed by atoms with van der Waals surface area (Å²) in [6, 6.07) is 1.76. The average molecular weight is 316 g/mol. The van der Waals surface area contributed by atoms with Crippen molar-refractivity contribution in [2.75, 3.05) is 0 Å². The number of nitrogens with zero attached hydrogens (tertiary/aromatic N) is 1. The summed E-state index contributed by atoms with van der Waals surface area (Å²) in [4.78, 5) is 3.55. The van der Waals surface area contributed by atoms with Crippen molar-refractivity contribution in [2.45, 2.75) is 5.33 Å². The molecule has 0 aromatic carbocycles. The first-order chi connectivity index (χ1) is 4.74. The van der Waals surface area contributed by atoms with Crippen LogP contribution >= 0.6 is 38.5 Å². The lowest BCUT2D eigenvalue weighted by Crippen LogP contribution is -1.89. The summed E-state index contributed by atoms with van der Waals surface area (Å²) in [5.41, 5.74) is 0.991. The van der Waals surface area contributed by atoms with E-state index in [1.165, 1.54) is 6.20 Å². The number of alkyl halides is 1. The maximum Gasteiger partial charge on any atom is 0.226 e. The molecular weight excluding hydrogens is 312 g/mol. The number of halogens is 3. The highest BCUT2D eigenvalue weighted by Crippen LogP contribution is 2.11. The Balaban J connectivity index is 3.04. The molecule has 1 aromatic heterocycles. The highest BCUT2D eigenvalue weighted by Gasteiger charge is 1.99. The van der Waals surface area contributed by atoms with Crippen LogP contribution in [-0.4, -0.2) is 4.98 Å². The molecule has 0 aliphatic heterocycles. The number of pyridine rings is 1. The van der Waals surface area contributed by atoms with Gasteiger partial charge in [0.1, 0.15) is 0 Å². The van der Waals surface area contributed by atoms with E-state index in [-0.39, 0.29) is 0 Å². The zero-order valence-electron chi connectivity index (χ0n) is 4.94. The minimum Gasteiger partial charge on any atom is -0.227 e. The fourth-order valence-electron chi connectivity index (χ4n) is 0.534. The molecule has 54 valence electrons. The molecular formula is C6H4BrFIN. The molecule has 0 saturated heterocycles. The molecule has 0 bridgehead atoms. The van der Waals surface area contributed by atoms with Crippen molar-refractivity contribution in [3.05, 3.63) is 27.3 Å². The molecule has 0 radical (unpaired) electrons. The summed E-state index contributed by atoms with van der Waals surface area (Å²) in [5.74, 6) is -0.398. The molecule has 1 aromatic rings. The van der Waals surface area contributed by atoms with Crippen molar-refractivity contribution < 1.29 is 4.39 Å². The third kappa shape index (κ3) is 1.88. The zero-order valence-corrected chi connectivity index (χ0v) is 8.69. The smallest absolute Gasteiger partial charge is 0.226 e. The summed E-state index contributed by atoms with van der Waals surface area (Å²) in [6.45, 7) is 0. The van der Waals surface area contributed by atoms with Crippen LogP contribution in [0.2, 0.25) is 0 Å². The van der Waals surface area contributed by atoms with E-state index in [2.05, 4.69) is 20.9 Å². The largest absolute Gasteiger partial charge is 0.227 e. The quantitative estimate of drug-likeness (QED) is 0.441. The molecule has 4 heteroatoms. The van der Waals surface area contributed by atoms with E-state index in [4.69, 9.17) is 0 Å². The molecule has 1 heterocycles. The summed E-state index contributed by atoms with van der Waals surface area (Å²) >= 11 is 5.17. The Labute approximate surface area is 80.3 Å². The lowest BCUT2D eigenvalue weighted by Gasteiger charge is -1.95. The van der Waals surface area contributed by atoms with Crippen LogP contribution in [-0.2, 0) is 5.33 Å². The molecule has 0 spiro atoms. The second kappa shape index (κ2) is 3.61. The summed E-state index contributed by atoms with van der Waals surface area (Å²) in [7, 11) is 0. The van der Waals surface area contributed by atoms with Gasteiger partial charge in [0.15, 0.2) is 0 Å². The third-order valence-electron chi connectivity index (χ3n) is 1.01. The van der Waals surface area contributed by atoms with Gasteiger partial charge in [-0.3, -0.25) is 0 Å². The van der Waals surface area contributed by atoms with E-state index >= 15 is 0 Å². The predicted molar refractivity (Wildman–Crippen MR) is 49.5 cm³/mol. The van der Waals surface area contributed by atoms with Crippen molar-refractivity contribution in [1.82, 2.24) is 4.98 Å². The number of hydrogen-bond donors (Lipinski definition) is 0. The predicted octanol–water partition coefficient (Wildman–Crippen LogP) is 2.72. The van der Waals surface area contributed by atoms with Crippen LogP contribution in [0.5, 0.6) is 0 Å². The van der Waals surface area contributed by atoms with Gasteiger partial charge >= 0.3 is 0 Å². The monoisotopic (exact) mass is 315 g/mol. The maximum absolute atomic E-state index is 12.5. The van der Waals surface area contributed by atoms with Gasteiger partial charge in [-0.2, -0.15) is 4.39 Å². The van der Waals surface area contributed by atoms with Gasteiger partial charge in [-0.15, -0.1) is 0 Å². The molecule has 0 amide bonds. The first-order valence-corrected chi connectivity index (χ1v) is 4.80. The fourth-order valence-corrected chi connectivity index (χ4v) is 1.38. The van der Waals surface area contributed by atoms with E-state index in [1.54, 1.807) is 6.07 Å². The normalized spacial score (nSPS) is 9.90. The van der Waals surface area contributed by atoms with Crippen LogP contribution < -0.4 is 0 Å². The van der Waals surface area contributed by atoms with Crippen molar-refractivity contribution in [3.63, 3.8) is 0 Å². The Kier molecular flexibility index (Phi) is 3.03. The molecule has 1 rings (SSSR count). The van der Waals surface area contributed by atoms with E-state index in [0.29, 0.717) is 3.57 Å². The topological polar surface area (TPSA) is 12.9 Å². The van der Waals surface area contributed by atoms with Crippen LogP contribution in [0.3, 0.4) is 0 Å². The number of hydrogen-bond acceptors (Lipinski definition) is 1. The van der Waals surface area contributed by atoms with E-state index in [0.717, 1.165) is 10.9 Å². The first-order valence-electron chi connectivity index (χ1n) is 2.60. The number of rotatable bonds is 1. The van der Waals surface area contributed by atoms with Crippen LogP contribution in [0.1, 0.15) is 5.56 Å². The van der Waals surface area contributed by atoms with E-state index in [1.807, 2.05) is 22.6 Å². The molecule has 1 nitrogen and oxygen atoms in total. The van der Waals surface area contributed by atoms with Crippen molar-refractivity contribution in [3.8, 4) is 0 Å². The first kappa shape index (κ1) is 8.39. The second-order valence-electron chi connectivity index (χ2n) is 1.75. The maximum atomic E-state index is 12.5. The lowest BCUT2D eigenvalue weighted by molar-refractivity contribution is 0.575. The van der Waals surface area contributed by atoms with Gasteiger partial charge in [-0.05, 0) is 34.2 Å². The van der Waals surface area contributed by atoms with E-state index < -0.39 is 5.95 Å². The Hall–Kier alpha value is 0.290. The molecule has 0 unspecified atom stereocenters. The zero-order chi connectivity index (χ0) is 7.56. The van der Waals surface area contributed by atoms with Crippen LogP contribution in [0, 0.1) is 9.52 Å². The number of aromatic nitrogens is 1. The van der Waals surface area contributed by atoms with Gasteiger partial charge in [-0.25, -0.2) is 4.98 Å². The second-order valence-corrected chi connectivity index (χ2v) is 3.47. The Bertz CT molecular complexity index is 241. The van der Waals surface area contributed by atoms with Crippen molar-refractivity contribution in [1.29, 1.82) is 0 Å². The Morgan fingerprint density at radius 1 is 1.70 bits per heavy atom. The molecule has 0 fully saturated rings. The summed E-state index contributed by atoms with van der Waals surface area (Å²) in [6.07, 6.45) is 1.52. The third-order valence-corrected chi connectivity index (χ3v) is 2.41. The van der Waals surface area contributed by atoms with E-state index in [9.17, 15) is 4.39 Å². The fraction of sp³-hybridized carbons (Fsp3) is 0.167. The lowest BCUT2D eigenvalue weighted by atomic mass is 10.3. The van der Waals surface area contributed by atoms with Gasteiger partial charge in [-0.1, -0.05) is 15.9 Å². The SMILES string of the molecule is Fc1ncc(CBr)cc1I. The Morgan fingerprint density at radius 3 is 2.90 bits per heavy atom. The van der Waals surface area contributed by atoms with Crippen LogP contribution in [0.4, 0.5) is 4.39 Å². The average Bonchev–Trinajstić information content (AvgIpc) is 1.95. The minimum atomic E-state index is -0.398. The molecule has 0 aliphatic rings. The van der Waals surface area contributed by atoms with Gasteiger partial charge in [0, 0.05) is 11.5 Å². The van der Waals surface area contributed by atoms with Crippen LogP contribution in [0.25, 0.3) is 0 Å². The van der Waals surface area contributed by atoms with Crippen molar-refractivity contribution >= 4 is 38.5 Å². The summed E-state index contributed by atoms with van der Waals surface area (Å²) < 4.78 is 13.1. The van der Waals surface area contributed by atoms with Crippen LogP contribution in [0.15, 0.2) is 12.3 Å².